The van der Waals surface area contributed by atoms with Crippen molar-refractivity contribution in [1.82, 2.24) is 5.32 Å². The minimum Gasteiger partial charge on any atom is -0.480 e. The summed E-state index contributed by atoms with van der Waals surface area (Å²) in [4.78, 5) is 22.3. The Morgan fingerprint density at radius 2 is 2.06 bits per heavy atom. The summed E-state index contributed by atoms with van der Waals surface area (Å²) in [5.74, 6) is 0.847. The summed E-state index contributed by atoms with van der Waals surface area (Å²) in [5, 5.41) is 11.3. The van der Waals surface area contributed by atoms with Gasteiger partial charge in [-0.05, 0) is 12.3 Å². The average molecular weight is 226 g/mol. The van der Waals surface area contributed by atoms with Gasteiger partial charge in [0, 0.05) is 6.42 Å². The van der Waals surface area contributed by atoms with E-state index in [-0.39, 0.29) is 12.3 Å². The van der Waals surface area contributed by atoms with E-state index in [1.54, 1.807) is 0 Å². The smallest absolute Gasteiger partial charge is 0.326 e. The van der Waals surface area contributed by atoms with Gasteiger partial charge in [-0.25, -0.2) is 4.79 Å². The molecule has 0 fully saturated rings. The van der Waals surface area contributed by atoms with E-state index in [1.807, 2.05) is 13.8 Å². The van der Waals surface area contributed by atoms with Gasteiger partial charge in [-0.15, -0.1) is 12.3 Å². The van der Waals surface area contributed by atoms with Crippen LogP contribution in [0.5, 0.6) is 0 Å². The lowest BCUT2D eigenvalue weighted by Crippen LogP contribution is -2.48. The van der Waals surface area contributed by atoms with E-state index >= 15 is 0 Å². The van der Waals surface area contributed by atoms with Crippen molar-refractivity contribution in [3.8, 4) is 12.3 Å². The lowest BCUT2D eigenvalue weighted by molar-refractivity contribution is -0.142. The highest BCUT2D eigenvalue weighted by Gasteiger charge is 2.23. The van der Waals surface area contributed by atoms with Gasteiger partial charge in [-0.1, -0.05) is 13.8 Å². The number of carbonyl (C=O) groups is 2. The molecule has 16 heavy (non-hydrogen) atoms. The summed E-state index contributed by atoms with van der Waals surface area (Å²) in [6, 6.07) is -1.75. The van der Waals surface area contributed by atoms with Gasteiger partial charge in [-0.3, -0.25) is 4.79 Å². The van der Waals surface area contributed by atoms with Gasteiger partial charge in [0.05, 0.1) is 6.04 Å². The number of aliphatic carboxylic acids is 1. The number of rotatable bonds is 6. The molecule has 1 unspecified atom stereocenters. The maximum atomic E-state index is 11.4. The molecule has 0 radical (unpaired) electrons. The predicted octanol–water partition coefficient (Wildman–Crippen LogP) is -0.0475. The van der Waals surface area contributed by atoms with Crippen LogP contribution in [0.1, 0.15) is 26.7 Å². The molecule has 0 aliphatic rings. The zero-order valence-electron chi connectivity index (χ0n) is 9.56. The van der Waals surface area contributed by atoms with Gasteiger partial charge in [0.25, 0.3) is 0 Å². The van der Waals surface area contributed by atoms with Crippen LogP contribution in [0, 0.1) is 18.3 Å². The summed E-state index contributed by atoms with van der Waals surface area (Å²) < 4.78 is 0. The topological polar surface area (TPSA) is 92.4 Å². The summed E-state index contributed by atoms with van der Waals surface area (Å²) in [7, 11) is 0. The van der Waals surface area contributed by atoms with Gasteiger partial charge in [0.15, 0.2) is 0 Å². The number of terminal acetylenes is 1. The van der Waals surface area contributed by atoms with Crippen LogP contribution in [0.15, 0.2) is 0 Å². The van der Waals surface area contributed by atoms with E-state index in [0.29, 0.717) is 6.42 Å². The molecule has 0 saturated carbocycles. The van der Waals surface area contributed by atoms with Crippen LogP contribution in [-0.2, 0) is 9.59 Å². The number of carboxylic acids is 1. The van der Waals surface area contributed by atoms with Crippen LogP contribution in [0.25, 0.3) is 0 Å². The summed E-state index contributed by atoms with van der Waals surface area (Å²) >= 11 is 0. The molecule has 0 heterocycles. The molecular weight excluding hydrogens is 208 g/mol. The van der Waals surface area contributed by atoms with Crippen LogP contribution in [-0.4, -0.2) is 29.1 Å². The monoisotopic (exact) mass is 226 g/mol. The van der Waals surface area contributed by atoms with Crippen LogP contribution < -0.4 is 11.1 Å². The standard InChI is InChI=1S/C11H18N2O3/c1-4-5-8(12)10(14)13-9(11(15)16)6-7(2)3/h1,7-9H,5-6,12H2,2-3H3,(H,13,14)(H,15,16)/t8?,9-/m1/s1. The Kier molecular flexibility index (Phi) is 6.19. The highest BCUT2D eigenvalue weighted by atomic mass is 16.4. The molecule has 1 amide bonds. The second-order valence-corrected chi connectivity index (χ2v) is 4.04. The molecule has 5 nitrogen and oxygen atoms in total. The quantitative estimate of drug-likeness (QED) is 0.554. The Hall–Kier alpha value is -1.54. The Morgan fingerprint density at radius 1 is 1.50 bits per heavy atom. The highest BCUT2D eigenvalue weighted by Crippen LogP contribution is 2.05. The fourth-order valence-electron chi connectivity index (χ4n) is 1.19. The maximum Gasteiger partial charge on any atom is 0.326 e. The second kappa shape index (κ2) is 6.85. The van der Waals surface area contributed by atoms with Gasteiger partial charge in [0.1, 0.15) is 6.04 Å². The second-order valence-electron chi connectivity index (χ2n) is 4.04. The lowest BCUT2D eigenvalue weighted by Gasteiger charge is -2.18. The number of carboxylic acid groups (broad SMARTS) is 1. The zero-order chi connectivity index (χ0) is 12.7. The van der Waals surface area contributed by atoms with E-state index in [2.05, 4.69) is 11.2 Å². The fraction of sp³-hybridized carbons (Fsp3) is 0.636. The number of nitrogens with one attached hydrogen (secondary N) is 1. The average Bonchev–Trinajstić information content (AvgIpc) is 2.16. The van der Waals surface area contributed by atoms with Gasteiger partial charge in [0.2, 0.25) is 5.91 Å². The fourth-order valence-corrected chi connectivity index (χ4v) is 1.19. The van der Waals surface area contributed by atoms with Crippen molar-refractivity contribution >= 4 is 11.9 Å². The largest absolute Gasteiger partial charge is 0.480 e. The Morgan fingerprint density at radius 3 is 2.44 bits per heavy atom. The van der Waals surface area contributed by atoms with Crippen molar-refractivity contribution in [2.24, 2.45) is 11.7 Å². The van der Waals surface area contributed by atoms with E-state index in [1.165, 1.54) is 0 Å². The molecular formula is C11H18N2O3. The minimum atomic E-state index is -1.06. The molecule has 0 aromatic heterocycles. The Labute approximate surface area is 95.4 Å². The van der Waals surface area contributed by atoms with Gasteiger partial charge in [-0.2, -0.15) is 0 Å². The first-order valence-electron chi connectivity index (χ1n) is 5.10. The van der Waals surface area contributed by atoms with E-state index in [9.17, 15) is 9.59 Å². The van der Waals surface area contributed by atoms with Crippen molar-refractivity contribution < 1.29 is 14.7 Å². The molecule has 0 rings (SSSR count). The number of carbonyl (C=O) groups excluding carboxylic acids is 1. The van der Waals surface area contributed by atoms with Crippen molar-refractivity contribution in [1.29, 1.82) is 0 Å². The normalized spacial score (nSPS) is 13.9. The van der Waals surface area contributed by atoms with Gasteiger partial charge < -0.3 is 16.2 Å². The summed E-state index contributed by atoms with van der Waals surface area (Å²) in [6.07, 6.45) is 5.47. The van der Waals surface area contributed by atoms with Crippen LogP contribution in [0.2, 0.25) is 0 Å². The lowest BCUT2D eigenvalue weighted by atomic mass is 10.0. The van der Waals surface area contributed by atoms with Crippen molar-refractivity contribution in [3.63, 3.8) is 0 Å². The first-order chi connectivity index (χ1) is 7.38. The molecule has 0 saturated heterocycles. The minimum absolute atomic E-state index is 0.0971. The van der Waals surface area contributed by atoms with Crippen molar-refractivity contribution in [2.45, 2.75) is 38.8 Å². The van der Waals surface area contributed by atoms with E-state index < -0.39 is 24.0 Å². The highest BCUT2D eigenvalue weighted by molar-refractivity contribution is 5.86. The maximum absolute atomic E-state index is 11.4. The first kappa shape index (κ1) is 14.5. The zero-order valence-corrected chi connectivity index (χ0v) is 9.56. The van der Waals surface area contributed by atoms with Crippen LogP contribution in [0.4, 0.5) is 0 Å². The van der Waals surface area contributed by atoms with E-state index in [4.69, 9.17) is 17.3 Å². The molecule has 90 valence electrons. The Bertz CT molecular complexity index is 294. The molecule has 4 N–H and O–H groups in total. The third kappa shape index (κ3) is 5.37. The molecule has 2 atom stereocenters. The predicted molar refractivity (Wildman–Crippen MR) is 60.4 cm³/mol. The molecule has 0 aromatic rings. The Balaban J connectivity index is 4.35. The third-order valence-electron chi connectivity index (χ3n) is 2.00. The summed E-state index contributed by atoms with van der Waals surface area (Å²) in [5.41, 5.74) is 5.46. The molecule has 0 aliphatic carbocycles. The number of hydrogen-bond donors (Lipinski definition) is 3. The third-order valence-corrected chi connectivity index (χ3v) is 2.00. The van der Waals surface area contributed by atoms with Crippen LogP contribution in [0.3, 0.4) is 0 Å². The molecule has 0 aromatic carbocycles. The number of hydrogen-bond acceptors (Lipinski definition) is 3. The molecule has 0 bridgehead atoms. The van der Waals surface area contributed by atoms with Crippen molar-refractivity contribution in [3.05, 3.63) is 0 Å². The summed E-state index contributed by atoms with van der Waals surface area (Å²) in [6.45, 7) is 3.76. The van der Waals surface area contributed by atoms with Gasteiger partial charge >= 0.3 is 5.97 Å². The van der Waals surface area contributed by atoms with Crippen LogP contribution >= 0.6 is 0 Å². The molecule has 0 spiro atoms. The first-order valence-corrected chi connectivity index (χ1v) is 5.10. The van der Waals surface area contributed by atoms with Crippen molar-refractivity contribution in [2.75, 3.05) is 0 Å². The molecule has 5 heteroatoms. The number of nitrogens with two attached hydrogens (primary N) is 1. The van der Waals surface area contributed by atoms with E-state index in [0.717, 1.165) is 0 Å². The SMILES string of the molecule is C#CCC(N)C(=O)N[C@H](CC(C)C)C(=O)O. The molecule has 0 aliphatic heterocycles. The number of amides is 1.